The first-order valence-corrected chi connectivity index (χ1v) is 10.3. The van der Waals surface area contributed by atoms with Gasteiger partial charge in [0.25, 0.3) is 5.91 Å². The van der Waals surface area contributed by atoms with Crippen molar-refractivity contribution in [2.45, 2.75) is 18.9 Å². The lowest BCUT2D eigenvalue weighted by Gasteiger charge is -2.18. The lowest BCUT2D eigenvalue weighted by atomic mass is 10.0. The number of rotatable bonds is 6. The van der Waals surface area contributed by atoms with Crippen LogP contribution in [0.15, 0.2) is 30.3 Å². The predicted octanol–water partition coefficient (Wildman–Crippen LogP) is 2.82. The molecule has 0 radical (unpaired) electrons. The molecule has 2 amide bonds. The molecule has 1 aliphatic heterocycles. The van der Waals surface area contributed by atoms with Gasteiger partial charge in [0, 0.05) is 25.9 Å². The maximum atomic E-state index is 12.7. The van der Waals surface area contributed by atoms with Gasteiger partial charge in [0.05, 0.1) is 15.8 Å². The van der Waals surface area contributed by atoms with Gasteiger partial charge in [0.1, 0.15) is 6.04 Å². The van der Waals surface area contributed by atoms with E-state index in [-0.39, 0.29) is 18.4 Å². The molecule has 28 heavy (non-hydrogen) atoms. The van der Waals surface area contributed by atoms with Crippen LogP contribution in [0.5, 0.6) is 0 Å². The number of ether oxygens (including phenoxy) is 1. The van der Waals surface area contributed by atoms with Crippen LogP contribution in [0, 0.1) is 0 Å². The Hall–Kier alpha value is -1.93. The highest BCUT2D eigenvalue weighted by atomic mass is 35.5. The molecule has 8 heteroatoms. The summed E-state index contributed by atoms with van der Waals surface area (Å²) in [7, 11) is 3.61. The topological polar surface area (TPSA) is 70.7 Å². The van der Waals surface area contributed by atoms with Gasteiger partial charge in [0.2, 0.25) is 5.91 Å². The lowest BCUT2D eigenvalue weighted by Crippen LogP contribution is -2.46. The van der Waals surface area contributed by atoms with Crippen molar-refractivity contribution < 1.29 is 14.3 Å². The number of hydrogen-bond acceptors (Lipinski definition) is 5. The highest BCUT2D eigenvalue weighted by Crippen LogP contribution is 2.22. The van der Waals surface area contributed by atoms with Crippen molar-refractivity contribution in [3.05, 3.63) is 50.7 Å². The monoisotopic (exact) mass is 421 g/mol. The third-order valence-corrected chi connectivity index (χ3v) is 5.98. The third-order valence-electron chi connectivity index (χ3n) is 4.75. The molecule has 2 heterocycles. The van der Waals surface area contributed by atoms with Gasteiger partial charge in [-0.1, -0.05) is 17.7 Å². The molecule has 1 unspecified atom stereocenters. The molecule has 150 valence electrons. The van der Waals surface area contributed by atoms with Crippen LogP contribution in [0.4, 0.5) is 5.69 Å². The Morgan fingerprint density at radius 3 is 2.64 bits per heavy atom. The minimum Gasteiger partial charge on any atom is -0.382 e. The fraction of sp³-hybridized carbons (Fsp3) is 0.400. The van der Waals surface area contributed by atoms with Crippen LogP contribution < -0.4 is 10.6 Å². The summed E-state index contributed by atoms with van der Waals surface area (Å²) in [4.78, 5) is 27.8. The van der Waals surface area contributed by atoms with Crippen LogP contribution in [0.1, 0.15) is 20.8 Å². The molecule has 0 fully saturated rings. The van der Waals surface area contributed by atoms with E-state index in [0.717, 1.165) is 31.6 Å². The molecular weight excluding hydrogens is 398 g/mol. The van der Waals surface area contributed by atoms with Gasteiger partial charge in [0.15, 0.2) is 0 Å². The highest BCUT2D eigenvalue weighted by Gasteiger charge is 2.23. The average molecular weight is 422 g/mol. The summed E-state index contributed by atoms with van der Waals surface area (Å²) in [5, 5.41) is 5.62. The summed E-state index contributed by atoms with van der Waals surface area (Å²) < 4.78 is 5.64. The number of methoxy groups -OCH3 is 1. The number of carbonyl (C=O) groups excluding carboxylic acids is 2. The summed E-state index contributed by atoms with van der Waals surface area (Å²) in [5.74, 6) is -0.664. The summed E-state index contributed by atoms with van der Waals surface area (Å²) in [6, 6.07) is 8.49. The van der Waals surface area contributed by atoms with Gasteiger partial charge in [-0.3, -0.25) is 9.59 Å². The Balaban J connectivity index is 1.68. The van der Waals surface area contributed by atoms with Gasteiger partial charge in [-0.15, -0.1) is 11.3 Å². The second-order valence-electron chi connectivity index (χ2n) is 6.86. The van der Waals surface area contributed by atoms with Gasteiger partial charge >= 0.3 is 0 Å². The van der Waals surface area contributed by atoms with Crippen LogP contribution in [-0.4, -0.2) is 56.6 Å². The van der Waals surface area contributed by atoms with Crippen molar-refractivity contribution in [3.8, 4) is 0 Å². The van der Waals surface area contributed by atoms with Crippen LogP contribution in [0.25, 0.3) is 0 Å². The number of carbonyl (C=O) groups is 2. The van der Waals surface area contributed by atoms with Gasteiger partial charge in [-0.2, -0.15) is 0 Å². The average Bonchev–Trinajstić information content (AvgIpc) is 3.02. The molecule has 0 saturated heterocycles. The zero-order valence-corrected chi connectivity index (χ0v) is 17.5. The highest BCUT2D eigenvalue weighted by molar-refractivity contribution is 7.18. The standard InChI is InChI=1S/C20H24ClN3O3S/c1-24-9-7-13-3-4-15(11-14(13)8-10-24)22-19(25)16(12-27-2)23-20(26)17-5-6-18(21)28-17/h3-6,11,16H,7-10,12H2,1-2H3,(H,22,25)(H,23,26). The first-order valence-electron chi connectivity index (χ1n) is 9.12. The van der Waals surface area contributed by atoms with E-state index in [1.54, 1.807) is 12.1 Å². The summed E-state index contributed by atoms with van der Waals surface area (Å²) in [6.07, 6.45) is 1.96. The molecule has 0 aliphatic carbocycles. The maximum Gasteiger partial charge on any atom is 0.262 e. The fourth-order valence-electron chi connectivity index (χ4n) is 3.16. The number of amides is 2. The zero-order valence-electron chi connectivity index (χ0n) is 16.0. The normalized spacial score (nSPS) is 15.4. The molecule has 0 saturated carbocycles. The summed E-state index contributed by atoms with van der Waals surface area (Å²) in [6.45, 7) is 2.11. The fourth-order valence-corrected chi connectivity index (χ4v) is 4.11. The smallest absolute Gasteiger partial charge is 0.262 e. The maximum absolute atomic E-state index is 12.7. The second-order valence-corrected chi connectivity index (χ2v) is 8.58. The van der Waals surface area contributed by atoms with Gasteiger partial charge in [-0.05, 0) is 55.3 Å². The molecule has 3 rings (SSSR count). The van der Waals surface area contributed by atoms with E-state index >= 15 is 0 Å². The number of anilines is 1. The van der Waals surface area contributed by atoms with Crippen molar-refractivity contribution in [2.75, 3.05) is 39.2 Å². The number of likely N-dealkylation sites (N-methyl/N-ethyl adjacent to an activating group) is 1. The van der Waals surface area contributed by atoms with Crippen molar-refractivity contribution in [2.24, 2.45) is 0 Å². The molecule has 2 N–H and O–H groups in total. The van der Waals surface area contributed by atoms with Crippen LogP contribution in [0.2, 0.25) is 4.34 Å². The minimum absolute atomic E-state index is 0.0758. The number of thiophene rings is 1. The van der Waals surface area contributed by atoms with E-state index in [0.29, 0.717) is 9.21 Å². The number of benzene rings is 1. The van der Waals surface area contributed by atoms with E-state index in [4.69, 9.17) is 16.3 Å². The van der Waals surface area contributed by atoms with E-state index < -0.39 is 6.04 Å². The Morgan fingerprint density at radius 2 is 1.96 bits per heavy atom. The van der Waals surface area contributed by atoms with Crippen molar-refractivity contribution in [3.63, 3.8) is 0 Å². The summed E-state index contributed by atoms with van der Waals surface area (Å²) >= 11 is 7.05. The lowest BCUT2D eigenvalue weighted by molar-refractivity contribution is -0.119. The quantitative estimate of drug-likeness (QED) is 0.752. The second kappa shape index (κ2) is 9.52. The first kappa shape index (κ1) is 20.8. The Kier molecular flexibility index (Phi) is 7.07. The molecule has 6 nitrogen and oxygen atoms in total. The third kappa shape index (κ3) is 5.32. The molecule has 1 atom stereocenters. The van der Waals surface area contributed by atoms with E-state index in [2.05, 4.69) is 28.6 Å². The van der Waals surface area contributed by atoms with Gasteiger partial charge < -0.3 is 20.3 Å². The Bertz CT molecular complexity index is 855. The molecule has 1 aliphatic rings. The minimum atomic E-state index is -0.802. The van der Waals surface area contributed by atoms with Crippen molar-refractivity contribution in [1.82, 2.24) is 10.2 Å². The van der Waals surface area contributed by atoms with E-state index in [1.165, 1.54) is 29.6 Å². The van der Waals surface area contributed by atoms with Crippen LogP contribution in [0.3, 0.4) is 0 Å². The Morgan fingerprint density at radius 1 is 1.21 bits per heavy atom. The number of hydrogen-bond donors (Lipinski definition) is 2. The van der Waals surface area contributed by atoms with E-state index in [1.807, 2.05) is 12.1 Å². The van der Waals surface area contributed by atoms with Gasteiger partial charge in [-0.25, -0.2) is 0 Å². The Labute approximate surface area is 173 Å². The number of halogens is 1. The first-order chi connectivity index (χ1) is 13.5. The molecule has 0 bridgehead atoms. The number of nitrogens with one attached hydrogen (secondary N) is 2. The van der Waals surface area contributed by atoms with Crippen LogP contribution in [-0.2, 0) is 22.4 Å². The predicted molar refractivity (Wildman–Crippen MR) is 112 cm³/mol. The molecule has 1 aromatic heterocycles. The molecule has 1 aromatic carbocycles. The zero-order chi connectivity index (χ0) is 20.1. The SMILES string of the molecule is COCC(NC(=O)c1ccc(Cl)s1)C(=O)Nc1ccc2c(c1)CCN(C)CC2. The number of nitrogens with zero attached hydrogens (tertiary/aromatic N) is 1. The number of fused-ring (bicyclic) bond motifs is 1. The van der Waals surface area contributed by atoms with Crippen molar-refractivity contribution >= 4 is 40.4 Å². The molecule has 2 aromatic rings. The van der Waals surface area contributed by atoms with Crippen molar-refractivity contribution in [1.29, 1.82) is 0 Å². The molecule has 0 spiro atoms. The van der Waals surface area contributed by atoms with E-state index in [9.17, 15) is 9.59 Å². The van der Waals surface area contributed by atoms with Crippen LogP contribution >= 0.6 is 22.9 Å². The largest absolute Gasteiger partial charge is 0.382 e. The molecular formula is C20H24ClN3O3S. The summed E-state index contributed by atoms with van der Waals surface area (Å²) in [5.41, 5.74) is 3.30.